The second-order valence-corrected chi connectivity index (χ2v) is 3.44. The van der Waals surface area contributed by atoms with Crippen LogP contribution in [-0.4, -0.2) is 16.1 Å². The van der Waals surface area contributed by atoms with E-state index in [9.17, 15) is 13.6 Å². The first-order valence-corrected chi connectivity index (χ1v) is 4.51. The molecule has 0 aliphatic rings. The Bertz CT molecular complexity index is 398. The molecule has 0 aromatic carbocycles. The fraction of sp³-hybridized carbons (Fsp3) is 0.250. The molecule has 3 nitrogen and oxygen atoms in total. The van der Waals surface area contributed by atoms with Crippen LogP contribution >= 0.6 is 23.2 Å². The molecule has 0 spiro atoms. The van der Waals surface area contributed by atoms with Crippen molar-refractivity contribution in [3.63, 3.8) is 0 Å². The van der Waals surface area contributed by atoms with Crippen molar-refractivity contribution >= 4 is 29.2 Å². The summed E-state index contributed by atoms with van der Waals surface area (Å²) in [7, 11) is 0. The van der Waals surface area contributed by atoms with Crippen molar-refractivity contribution < 1.29 is 18.7 Å². The third-order valence-corrected chi connectivity index (χ3v) is 2.45. The van der Waals surface area contributed by atoms with Gasteiger partial charge in [0.05, 0.1) is 16.5 Å². The standard InChI is InChI=1S/C8H5Cl2F2NO2/c9-4-2-13-7(8(11)12)3(6(4)10)1-5(14)15/h2,8H,1H2,(H,14,15). The molecule has 82 valence electrons. The van der Waals surface area contributed by atoms with Gasteiger partial charge in [0, 0.05) is 11.8 Å². The number of rotatable bonds is 3. The first kappa shape index (κ1) is 12.1. The average Bonchev–Trinajstić information content (AvgIpc) is 2.12. The fourth-order valence-electron chi connectivity index (χ4n) is 1.02. The lowest BCUT2D eigenvalue weighted by Gasteiger charge is -2.08. The Labute approximate surface area is 93.6 Å². The monoisotopic (exact) mass is 255 g/mol. The number of pyridine rings is 1. The second-order valence-electron chi connectivity index (χ2n) is 2.66. The zero-order valence-corrected chi connectivity index (χ0v) is 8.69. The number of alkyl halides is 2. The van der Waals surface area contributed by atoms with Crippen molar-refractivity contribution in [2.45, 2.75) is 12.8 Å². The molecule has 0 saturated carbocycles. The van der Waals surface area contributed by atoms with Crippen LogP contribution in [0.1, 0.15) is 17.7 Å². The van der Waals surface area contributed by atoms with Crippen molar-refractivity contribution in [3.8, 4) is 0 Å². The number of carbonyl (C=O) groups is 1. The third-order valence-electron chi connectivity index (χ3n) is 1.64. The van der Waals surface area contributed by atoms with E-state index in [-0.39, 0.29) is 15.6 Å². The molecule has 0 saturated heterocycles. The minimum atomic E-state index is -2.88. The summed E-state index contributed by atoms with van der Waals surface area (Å²) in [5.74, 6) is -1.28. The van der Waals surface area contributed by atoms with Crippen LogP contribution in [0.2, 0.25) is 10.0 Å². The third kappa shape index (κ3) is 2.76. The zero-order valence-electron chi connectivity index (χ0n) is 7.18. The van der Waals surface area contributed by atoms with Gasteiger partial charge in [0.1, 0.15) is 5.69 Å². The molecular weight excluding hydrogens is 251 g/mol. The van der Waals surface area contributed by atoms with Crippen LogP contribution in [0.25, 0.3) is 0 Å². The minimum absolute atomic E-state index is 0.0442. The van der Waals surface area contributed by atoms with Crippen LogP contribution in [0.4, 0.5) is 8.78 Å². The predicted molar refractivity (Wildman–Crippen MR) is 50.6 cm³/mol. The van der Waals surface area contributed by atoms with Crippen LogP contribution in [0, 0.1) is 0 Å². The molecule has 0 atom stereocenters. The summed E-state index contributed by atoms with van der Waals surface area (Å²) >= 11 is 11.2. The van der Waals surface area contributed by atoms with E-state index in [1.807, 2.05) is 0 Å². The van der Waals surface area contributed by atoms with Crippen LogP contribution in [0.3, 0.4) is 0 Å². The van der Waals surface area contributed by atoms with Gasteiger partial charge in [0.25, 0.3) is 6.43 Å². The quantitative estimate of drug-likeness (QED) is 0.904. The van der Waals surface area contributed by atoms with Crippen molar-refractivity contribution in [1.29, 1.82) is 0 Å². The maximum atomic E-state index is 12.4. The van der Waals surface area contributed by atoms with Gasteiger partial charge in [-0.2, -0.15) is 0 Å². The molecule has 1 heterocycles. The minimum Gasteiger partial charge on any atom is -0.481 e. The molecule has 0 amide bonds. The number of carboxylic acid groups (broad SMARTS) is 1. The van der Waals surface area contributed by atoms with Gasteiger partial charge in [0.15, 0.2) is 0 Å². The second kappa shape index (κ2) is 4.72. The summed E-state index contributed by atoms with van der Waals surface area (Å²) in [6.07, 6.45) is -2.54. The topological polar surface area (TPSA) is 50.2 Å². The highest BCUT2D eigenvalue weighted by Gasteiger charge is 2.21. The Morgan fingerprint density at radius 3 is 2.60 bits per heavy atom. The molecule has 1 rings (SSSR count). The molecule has 0 radical (unpaired) electrons. The lowest BCUT2D eigenvalue weighted by atomic mass is 10.1. The molecule has 15 heavy (non-hydrogen) atoms. The average molecular weight is 256 g/mol. The molecule has 0 unspecified atom stereocenters. The molecule has 1 aromatic rings. The summed E-state index contributed by atoms with van der Waals surface area (Å²) in [4.78, 5) is 13.8. The SMILES string of the molecule is O=C(O)Cc1c(C(F)F)ncc(Cl)c1Cl. The van der Waals surface area contributed by atoms with Gasteiger partial charge in [-0.3, -0.25) is 9.78 Å². The first-order chi connectivity index (χ1) is 6.93. The molecule has 1 N–H and O–H groups in total. The first-order valence-electron chi connectivity index (χ1n) is 3.76. The Balaban J connectivity index is 3.28. The summed E-state index contributed by atoms with van der Waals surface area (Å²) in [6, 6.07) is 0. The molecule has 0 aliphatic carbocycles. The Hall–Kier alpha value is -0.940. The van der Waals surface area contributed by atoms with Gasteiger partial charge in [-0.1, -0.05) is 23.2 Å². The molecule has 1 aromatic heterocycles. The highest BCUT2D eigenvalue weighted by atomic mass is 35.5. The maximum Gasteiger partial charge on any atom is 0.307 e. The zero-order chi connectivity index (χ0) is 11.6. The summed E-state index contributed by atoms with van der Waals surface area (Å²) in [5, 5.41) is 8.28. The van der Waals surface area contributed by atoms with E-state index >= 15 is 0 Å². The van der Waals surface area contributed by atoms with Crippen molar-refractivity contribution in [3.05, 3.63) is 27.5 Å². The highest BCUT2D eigenvalue weighted by molar-refractivity contribution is 6.42. The number of aliphatic carboxylic acids is 1. The lowest BCUT2D eigenvalue weighted by Crippen LogP contribution is -2.07. The molecule has 0 bridgehead atoms. The number of nitrogens with zero attached hydrogens (tertiary/aromatic N) is 1. The van der Waals surface area contributed by atoms with Crippen molar-refractivity contribution in [2.24, 2.45) is 0 Å². The Kier molecular flexibility index (Phi) is 3.82. The summed E-state index contributed by atoms with van der Waals surface area (Å²) < 4.78 is 24.9. The van der Waals surface area contributed by atoms with E-state index in [4.69, 9.17) is 28.3 Å². The van der Waals surface area contributed by atoms with Crippen molar-refractivity contribution in [2.75, 3.05) is 0 Å². The van der Waals surface area contributed by atoms with E-state index in [1.165, 1.54) is 0 Å². The fourth-order valence-corrected chi connectivity index (χ4v) is 1.40. The molecule has 0 fully saturated rings. The highest BCUT2D eigenvalue weighted by Crippen LogP contribution is 2.31. The number of halogens is 4. The number of aromatic nitrogens is 1. The summed E-state index contributed by atoms with van der Waals surface area (Å²) in [6.45, 7) is 0. The van der Waals surface area contributed by atoms with Crippen LogP contribution in [-0.2, 0) is 11.2 Å². The number of carboxylic acids is 1. The lowest BCUT2D eigenvalue weighted by molar-refractivity contribution is -0.136. The number of hydrogen-bond acceptors (Lipinski definition) is 2. The maximum absolute atomic E-state index is 12.4. The van der Waals surface area contributed by atoms with E-state index < -0.39 is 24.5 Å². The predicted octanol–water partition coefficient (Wildman–Crippen LogP) is 2.95. The largest absolute Gasteiger partial charge is 0.481 e. The van der Waals surface area contributed by atoms with Gasteiger partial charge >= 0.3 is 5.97 Å². The molecule has 7 heteroatoms. The van der Waals surface area contributed by atoms with Crippen LogP contribution in [0.5, 0.6) is 0 Å². The normalized spacial score (nSPS) is 10.7. The van der Waals surface area contributed by atoms with Crippen LogP contribution < -0.4 is 0 Å². The van der Waals surface area contributed by atoms with Gasteiger partial charge < -0.3 is 5.11 Å². The summed E-state index contributed by atoms with van der Waals surface area (Å²) in [5.41, 5.74) is -0.890. The Morgan fingerprint density at radius 2 is 2.13 bits per heavy atom. The smallest absolute Gasteiger partial charge is 0.307 e. The molecule has 0 aliphatic heterocycles. The van der Waals surface area contributed by atoms with Crippen LogP contribution in [0.15, 0.2) is 6.20 Å². The van der Waals surface area contributed by atoms with E-state index in [2.05, 4.69) is 4.98 Å². The van der Waals surface area contributed by atoms with Gasteiger partial charge in [-0.15, -0.1) is 0 Å². The van der Waals surface area contributed by atoms with Gasteiger partial charge in [-0.05, 0) is 0 Å². The van der Waals surface area contributed by atoms with E-state index in [1.54, 1.807) is 0 Å². The molecular formula is C8H5Cl2F2NO2. The van der Waals surface area contributed by atoms with Gasteiger partial charge in [-0.25, -0.2) is 8.78 Å². The Morgan fingerprint density at radius 1 is 1.53 bits per heavy atom. The van der Waals surface area contributed by atoms with E-state index in [0.717, 1.165) is 6.20 Å². The number of hydrogen-bond donors (Lipinski definition) is 1. The van der Waals surface area contributed by atoms with Crippen molar-refractivity contribution in [1.82, 2.24) is 4.98 Å². The van der Waals surface area contributed by atoms with E-state index in [0.29, 0.717) is 0 Å². The van der Waals surface area contributed by atoms with Gasteiger partial charge in [0.2, 0.25) is 0 Å².